The second kappa shape index (κ2) is 8.80. The molecule has 1 aliphatic heterocycles. The summed E-state index contributed by atoms with van der Waals surface area (Å²) in [6, 6.07) is 15.0. The van der Waals surface area contributed by atoms with Crippen molar-refractivity contribution in [1.82, 2.24) is 5.32 Å². The summed E-state index contributed by atoms with van der Waals surface area (Å²) in [7, 11) is 0. The minimum atomic E-state index is -0.171. The van der Waals surface area contributed by atoms with E-state index in [9.17, 15) is 9.59 Å². The van der Waals surface area contributed by atoms with E-state index in [2.05, 4.69) is 10.6 Å². The van der Waals surface area contributed by atoms with Gasteiger partial charge in [0.05, 0.1) is 11.7 Å². The summed E-state index contributed by atoms with van der Waals surface area (Å²) in [5, 5.41) is 5.90. The van der Waals surface area contributed by atoms with Crippen LogP contribution in [0.15, 0.2) is 53.4 Å². The van der Waals surface area contributed by atoms with Crippen LogP contribution >= 0.6 is 11.8 Å². The number of hydrogen-bond acceptors (Lipinski definition) is 4. The molecule has 28 heavy (non-hydrogen) atoms. The molecule has 2 fully saturated rings. The van der Waals surface area contributed by atoms with Crippen molar-refractivity contribution >= 4 is 29.3 Å². The molecule has 0 bridgehead atoms. The molecule has 0 unspecified atom stereocenters. The van der Waals surface area contributed by atoms with Crippen LogP contribution in [-0.2, 0) is 4.74 Å². The van der Waals surface area contributed by atoms with Crippen LogP contribution in [0.2, 0.25) is 0 Å². The summed E-state index contributed by atoms with van der Waals surface area (Å²) in [6.45, 7) is 0.831. The van der Waals surface area contributed by atoms with Gasteiger partial charge in [-0.25, -0.2) is 0 Å². The molecule has 5 nitrogen and oxygen atoms in total. The number of anilines is 1. The van der Waals surface area contributed by atoms with E-state index in [0.717, 1.165) is 42.9 Å². The molecule has 2 N–H and O–H groups in total. The molecule has 1 saturated heterocycles. The average Bonchev–Trinajstić information content (AvgIpc) is 3.37. The Morgan fingerprint density at radius 3 is 2.68 bits per heavy atom. The highest BCUT2D eigenvalue weighted by molar-refractivity contribution is 7.99. The number of thioether (sulfide) groups is 1. The van der Waals surface area contributed by atoms with Crippen LogP contribution in [0.4, 0.5) is 5.69 Å². The minimum Gasteiger partial charge on any atom is -0.377 e. The maximum absolute atomic E-state index is 12.8. The summed E-state index contributed by atoms with van der Waals surface area (Å²) in [4.78, 5) is 26.0. The molecule has 146 valence electrons. The van der Waals surface area contributed by atoms with Crippen LogP contribution in [0, 0.1) is 0 Å². The van der Waals surface area contributed by atoms with Gasteiger partial charge in [-0.15, -0.1) is 11.8 Å². The Morgan fingerprint density at radius 1 is 1.04 bits per heavy atom. The molecule has 2 aromatic rings. The van der Waals surface area contributed by atoms with E-state index in [0.29, 0.717) is 22.9 Å². The van der Waals surface area contributed by atoms with Crippen molar-refractivity contribution in [3.05, 3.63) is 59.7 Å². The van der Waals surface area contributed by atoms with E-state index < -0.39 is 0 Å². The SMILES string of the molecule is O=C(NC1CC1)c1cccc(NC(=O)c2ccccc2SC[C@@H]2CCCO2)c1. The highest BCUT2D eigenvalue weighted by Gasteiger charge is 2.24. The van der Waals surface area contributed by atoms with Gasteiger partial charge in [0, 0.05) is 34.5 Å². The molecule has 0 radical (unpaired) electrons. The largest absolute Gasteiger partial charge is 0.377 e. The fourth-order valence-corrected chi connectivity index (χ4v) is 4.29. The quantitative estimate of drug-likeness (QED) is 0.692. The summed E-state index contributed by atoms with van der Waals surface area (Å²) in [6.07, 6.45) is 4.54. The van der Waals surface area contributed by atoms with Gasteiger partial charge >= 0.3 is 0 Å². The van der Waals surface area contributed by atoms with Crippen molar-refractivity contribution in [3.8, 4) is 0 Å². The third-order valence-corrected chi connectivity index (χ3v) is 6.08. The Kier molecular flexibility index (Phi) is 5.98. The molecular formula is C22H24N2O3S. The predicted molar refractivity (Wildman–Crippen MR) is 111 cm³/mol. The van der Waals surface area contributed by atoms with Crippen LogP contribution in [0.3, 0.4) is 0 Å². The lowest BCUT2D eigenvalue weighted by atomic mass is 10.1. The zero-order chi connectivity index (χ0) is 19.3. The van der Waals surface area contributed by atoms with E-state index in [4.69, 9.17) is 4.74 Å². The minimum absolute atomic E-state index is 0.0916. The smallest absolute Gasteiger partial charge is 0.256 e. The number of hydrogen-bond donors (Lipinski definition) is 2. The first kappa shape index (κ1) is 19.0. The first-order valence-corrected chi connectivity index (χ1v) is 10.7. The molecule has 2 aromatic carbocycles. The third kappa shape index (κ3) is 4.94. The molecule has 1 heterocycles. The van der Waals surface area contributed by atoms with Crippen molar-refractivity contribution in [3.63, 3.8) is 0 Å². The fraction of sp³-hybridized carbons (Fsp3) is 0.364. The number of amides is 2. The van der Waals surface area contributed by atoms with E-state index in [-0.39, 0.29) is 17.9 Å². The molecule has 2 aliphatic rings. The first-order valence-electron chi connectivity index (χ1n) is 9.75. The molecule has 4 rings (SSSR count). The van der Waals surface area contributed by atoms with Crippen molar-refractivity contribution in [2.75, 3.05) is 17.7 Å². The van der Waals surface area contributed by atoms with Crippen molar-refractivity contribution in [1.29, 1.82) is 0 Å². The Balaban J connectivity index is 1.42. The molecular weight excluding hydrogens is 372 g/mol. The first-order chi connectivity index (χ1) is 13.7. The fourth-order valence-electron chi connectivity index (χ4n) is 3.17. The third-order valence-electron chi connectivity index (χ3n) is 4.88. The van der Waals surface area contributed by atoms with Gasteiger partial charge in [0.1, 0.15) is 0 Å². The van der Waals surface area contributed by atoms with Crippen molar-refractivity contribution in [2.45, 2.75) is 42.7 Å². The van der Waals surface area contributed by atoms with Gasteiger partial charge < -0.3 is 15.4 Å². The lowest BCUT2D eigenvalue weighted by molar-refractivity contribution is 0.0949. The number of carbonyl (C=O) groups excluding carboxylic acids is 2. The van der Waals surface area contributed by atoms with Crippen molar-refractivity contribution < 1.29 is 14.3 Å². The molecule has 1 aliphatic carbocycles. The van der Waals surface area contributed by atoms with Gasteiger partial charge in [-0.1, -0.05) is 18.2 Å². The van der Waals surface area contributed by atoms with E-state index in [1.165, 1.54) is 0 Å². The molecule has 1 saturated carbocycles. The van der Waals surface area contributed by atoms with E-state index >= 15 is 0 Å². The highest BCUT2D eigenvalue weighted by Crippen LogP contribution is 2.27. The number of carbonyl (C=O) groups is 2. The van der Waals surface area contributed by atoms with Gasteiger partial charge in [-0.2, -0.15) is 0 Å². The zero-order valence-electron chi connectivity index (χ0n) is 15.6. The molecule has 0 aromatic heterocycles. The molecule has 0 spiro atoms. The summed E-state index contributed by atoms with van der Waals surface area (Å²) < 4.78 is 5.68. The standard InChI is InChI=1S/C22H24N2O3S/c25-21(23-16-10-11-16)15-5-3-6-17(13-15)24-22(26)19-8-1-2-9-20(19)28-14-18-7-4-12-27-18/h1-3,5-6,8-9,13,16,18H,4,7,10-12,14H2,(H,23,25)(H,24,26)/t18-/m0/s1. The van der Waals surface area contributed by atoms with Crippen LogP contribution in [0.1, 0.15) is 46.4 Å². The number of nitrogens with one attached hydrogen (secondary N) is 2. The second-order valence-corrected chi connectivity index (χ2v) is 8.29. The summed E-state index contributed by atoms with van der Waals surface area (Å²) in [5.74, 6) is 0.586. The number of ether oxygens (including phenoxy) is 1. The summed E-state index contributed by atoms with van der Waals surface area (Å²) in [5.41, 5.74) is 1.82. The Hall–Kier alpha value is -2.31. The number of rotatable bonds is 7. The lowest BCUT2D eigenvalue weighted by Gasteiger charge is -2.13. The monoisotopic (exact) mass is 396 g/mol. The van der Waals surface area contributed by atoms with Gasteiger partial charge in [-0.05, 0) is 56.0 Å². The van der Waals surface area contributed by atoms with Crippen LogP contribution in [0.25, 0.3) is 0 Å². The lowest BCUT2D eigenvalue weighted by Crippen LogP contribution is -2.25. The Bertz CT molecular complexity index is 860. The average molecular weight is 397 g/mol. The highest BCUT2D eigenvalue weighted by atomic mass is 32.2. The number of benzene rings is 2. The zero-order valence-corrected chi connectivity index (χ0v) is 16.5. The van der Waals surface area contributed by atoms with Crippen LogP contribution < -0.4 is 10.6 Å². The van der Waals surface area contributed by atoms with E-state index in [1.54, 1.807) is 36.0 Å². The van der Waals surface area contributed by atoms with E-state index in [1.807, 2.05) is 24.3 Å². The van der Waals surface area contributed by atoms with Crippen molar-refractivity contribution in [2.24, 2.45) is 0 Å². The predicted octanol–water partition coefficient (Wildman–Crippen LogP) is 4.10. The normalized spacial score (nSPS) is 18.6. The maximum atomic E-state index is 12.8. The van der Waals surface area contributed by atoms with Gasteiger partial charge in [0.2, 0.25) is 0 Å². The van der Waals surface area contributed by atoms with Gasteiger partial charge in [0.15, 0.2) is 0 Å². The topological polar surface area (TPSA) is 67.4 Å². The second-order valence-electron chi connectivity index (χ2n) is 7.22. The molecule has 2 amide bonds. The van der Waals surface area contributed by atoms with Gasteiger partial charge in [-0.3, -0.25) is 9.59 Å². The maximum Gasteiger partial charge on any atom is 0.256 e. The van der Waals surface area contributed by atoms with Crippen LogP contribution in [0.5, 0.6) is 0 Å². The molecule has 1 atom stereocenters. The molecule has 6 heteroatoms. The van der Waals surface area contributed by atoms with Gasteiger partial charge in [0.25, 0.3) is 11.8 Å². The summed E-state index contributed by atoms with van der Waals surface area (Å²) >= 11 is 1.66. The Morgan fingerprint density at radius 2 is 1.89 bits per heavy atom. The van der Waals surface area contributed by atoms with Crippen LogP contribution in [-0.4, -0.2) is 36.3 Å². The Labute approximate surface area is 169 Å².